The van der Waals surface area contributed by atoms with Crippen LogP contribution in [0.15, 0.2) is 42.5 Å². The smallest absolute Gasteiger partial charge is 0.442 e. The van der Waals surface area contributed by atoms with Crippen molar-refractivity contribution in [2.75, 3.05) is 13.7 Å². The van der Waals surface area contributed by atoms with Gasteiger partial charge < -0.3 is 10.3 Å². The van der Waals surface area contributed by atoms with Gasteiger partial charge in [0.25, 0.3) is 5.78 Å². The van der Waals surface area contributed by atoms with Crippen molar-refractivity contribution in [3.63, 3.8) is 0 Å². The van der Waals surface area contributed by atoms with E-state index in [1.54, 1.807) is 30.3 Å². The molecule has 0 radical (unpaired) electrons. The summed E-state index contributed by atoms with van der Waals surface area (Å²) in [6.45, 7) is 0.604. The van der Waals surface area contributed by atoms with Crippen molar-refractivity contribution < 1.29 is 28.8 Å². The Morgan fingerprint density at radius 1 is 1.31 bits per heavy atom. The second kappa shape index (κ2) is 9.75. The molecule has 26 heavy (non-hydrogen) atoms. The van der Waals surface area contributed by atoms with Crippen molar-refractivity contribution in [1.29, 1.82) is 0 Å². The Labute approximate surface area is 149 Å². The molecule has 0 bridgehead atoms. The first-order valence-electron chi connectivity index (χ1n) is 7.51. The number of nitrogens with zero attached hydrogens (tertiary/aromatic N) is 3. The van der Waals surface area contributed by atoms with Crippen molar-refractivity contribution in [2.24, 2.45) is 5.92 Å². The first-order valence-corrected chi connectivity index (χ1v) is 7.51. The third-order valence-corrected chi connectivity index (χ3v) is 3.56. The lowest BCUT2D eigenvalue weighted by atomic mass is 9.81. The number of ketones is 2. The lowest BCUT2D eigenvalue weighted by Crippen LogP contribution is -2.36. The molecule has 0 aliphatic heterocycles. The molecule has 0 aromatic heterocycles. The molecule has 0 saturated carbocycles. The molecule has 136 valence electrons. The van der Waals surface area contributed by atoms with Gasteiger partial charge >= 0.3 is 11.7 Å². The minimum atomic E-state index is -1.28. The van der Waals surface area contributed by atoms with Crippen LogP contribution in [0.4, 0.5) is 0 Å². The number of nitro groups is 1. The third kappa shape index (κ3) is 5.57. The Morgan fingerprint density at radius 2 is 1.92 bits per heavy atom. The molecule has 0 fully saturated rings. The number of carbonyl (C=O) groups is 3. The number of methoxy groups -OCH3 is 1. The number of hydrogen-bond acceptors (Lipinski definition) is 6. The van der Waals surface area contributed by atoms with E-state index in [1.807, 2.05) is 0 Å². The minimum absolute atomic E-state index is 0.392. The molecule has 2 unspecified atom stereocenters. The maximum atomic E-state index is 12.7. The van der Waals surface area contributed by atoms with Crippen LogP contribution in [-0.4, -0.2) is 46.6 Å². The summed E-state index contributed by atoms with van der Waals surface area (Å²) in [6.07, 6.45) is 2.24. The summed E-state index contributed by atoms with van der Waals surface area (Å²) in [5.41, 5.74) is 8.55. The van der Waals surface area contributed by atoms with Crippen LogP contribution in [0.3, 0.4) is 0 Å². The standard InChI is InChI=1S/C17H17N3O6/c1-11(21)8-9-13(16(22)15(19-18)17(23)26-2)14(10-20(24)25)12-6-4-3-5-7-12/h3-9,13-14H,10H2,1-2H3/b9-8+. The Morgan fingerprint density at radius 3 is 2.38 bits per heavy atom. The average molecular weight is 359 g/mol. The van der Waals surface area contributed by atoms with Gasteiger partial charge in [-0.2, -0.15) is 4.79 Å². The van der Waals surface area contributed by atoms with Gasteiger partial charge in [0.15, 0.2) is 5.78 Å². The summed E-state index contributed by atoms with van der Waals surface area (Å²) < 4.78 is 4.39. The fraction of sp³-hybridized carbons (Fsp3) is 0.294. The largest absolute Gasteiger partial charge is 0.460 e. The molecule has 1 aromatic carbocycles. The van der Waals surface area contributed by atoms with Gasteiger partial charge in [0.1, 0.15) is 0 Å². The van der Waals surface area contributed by atoms with Crippen LogP contribution in [0.25, 0.3) is 5.53 Å². The molecular formula is C17H17N3O6. The third-order valence-electron chi connectivity index (χ3n) is 3.56. The van der Waals surface area contributed by atoms with Gasteiger partial charge in [-0.3, -0.25) is 19.7 Å². The maximum absolute atomic E-state index is 12.7. The lowest BCUT2D eigenvalue weighted by molar-refractivity contribution is -0.484. The first kappa shape index (κ1) is 20.6. The van der Waals surface area contributed by atoms with Gasteiger partial charge in [-0.25, -0.2) is 4.79 Å². The molecule has 0 spiro atoms. The minimum Gasteiger partial charge on any atom is -0.460 e. The summed E-state index contributed by atoms with van der Waals surface area (Å²) in [4.78, 5) is 48.8. The van der Waals surface area contributed by atoms with Gasteiger partial charge in [0, 0.05) is 4.92 Å². The highest BCUT2D eigenvalue weighted by atomic mass is 16.6. The van der Waals surface area contributed by atoms with Gasteiger partial charge in [-0.15, -0.1) is 0 Å². The average Bonchev–Trinajstić information content (AvgIpc) is 2.61. The molecule has 1 aromatic rings. The monoisotopic (exact) mass is 359 g/mol. The predicted molar refractivity (Wildman–Crippen MR) is 90.0 cm³/mol. The lowest BCUT2D eigenvalue weighted by Gasteiger charge is -2.19. The zero-order valence-electron chi connectivity index (χ0n) is 14.2. The highest BCUT2D eigenvalue weighted by Gasteiger charge is 2.41. The van der Waals surface area contributed by atoms with Crippen LogP contribution in [-0.2, 0) is 19.1 Å². The van der Waals surface area contributed by atoms with Crippen LogP contribution in [0.5, 0.6) is 0 Å². The van der Waals surface area contributed by atoms with E-state index < -0.39 is 46.6 Å². The van der Waals surface area contributed by atoms with E-state index in [-0.39, 0.29) is 0 Å². The molecule has 0 N–H and O–H groups in total. The van der Waals surface area contributed by atoms with E-state index in [0.29, 0.717) is 5.56 Å². The second-order valence-corrected chi connectivity index (χ2v) is 5.33. The molecule has 9 heteroatoms. The summed E-state index contributed by atoms with van der Waals surface area (Å²) in [5.74, 6) is -4.84. The normalized spacial score (nSPS) is 12.7. The SMILES string of the molecule is COC(=O)C(=[N+]=[N-])C(=O)C(/C=C/C(C)=O)C(C[N+](=O)[O-])c1ccccc1. The van der Waals surface area contributed by atoms with Gasteiger partial charge in [-0.05, 0) is 18.6 Å². The van der Waals surface area contributed by atoms with Crippen LogP contribution < -0.4 is 0 Å². The van der Waals surface area contributed by atoms with Crippen LogP contribution in [0.2, 0.25) is 0 Å². The Kier molecular flexibility index (Phi) is 7.72. The fourth-order valence-electron chi connectivity index (χ4n) is 2.38. The van der Waals surface area contributed by atoms with Crippen molar-refractivity contribution in [3.05, 3.63) is 63.7 Å². The number of ether oxygens (including phenoxy) is 1. The molecule has 9 nitrogen and oxygen atoms in total. The van der Waals surface area contributed by atoms with Gasteiger partial charge in [-0.1, -0.05) is 36.4 Å². The molecule has 0 amide bonds. The Bertz CT molecular complexity index is 781. The van der Waals surface area contributed by atoms with Gasteiger partial charge in [0.2, 0.25) is 6.54 Å². The van der Waals surface area contributed by atoms with E-state index >= 15 is 0 Å². The molecular weight excluding hydrogens is 342 g/mol. The highest BCUT2D eigenvalue weighted by Crippen LogP contribution is 2.27. The van der Waals surface area contributed by atoms with Crippen LogP contribution in [0.1, 0.15) is 18.4 Å². The predicted octanol–water partition coefficient (Wildman–Crippen LogP) is 1.22. The van der Waals surface area contributed by atoms with E-state index in [2.05, 4.69) is 9.53 Å². The van der Waals surface area contributed by atoms with Crippen molar-refractivity contribution in [1.82, 2.24) is 0 Å². The summed E-state index contributed by atoms with van der Waals surface area (Å²) in [6, 6.07) is 8.15. The fourth-order valence-corrected chi connectivity index (χ4v) is 2.38. The van der Waals surface area contributed by atoms with Crippen LogP contribution >= 0.6 is 0 Å². The Balaban J connectivity index is 3.47. The number of rotatable bonds is 9. The number of esters is 1. The molecule has 0 aliphatic carbocycles. The summed E-state index contributed by atoms with van der Waals surface area (Å²) >= 11 is 0. The second-order valence-electron chi connectivity index (χ2n) is 5.33. The number of Topliss-reactive ketones (excluding diaryl/α,β-unsaturated/α-hetero) is 1. The van der Waals surface area contributed by atoms with Crippen molar-refractivity contribution in [2.45, 2.75) is 12.8 Å². The number of carbonyl (C=O) groups excluding carboxylic acids is 3. The maximum Gasteiger partial charge on any atom is 0.442 e. The van der Waals surface area contributed by atoms with E-state index in [0.717, 1.165) is 13.2 Å². The zero-order chi connectivity index (χ0) is 19.7. The topological polar surface area (TPSA) is 140 Å². The van der Waals surface area contributed by atoms with Gasteiger partial charge in [0.05, 0.1) is 18.9 Å². The highest BCUT2D eigenvalue weighted by molar-refractivity contribution is 6.63. The van der Waals surface area contributed by atoms with E-state index in [4.69, 9.17) is 5.53 Å². The summed E-state index contributed by atoms with van der Waals surface area (Å²) in [7, 11) is 0.993. The zero-order valence-corrected chi connectivity index (χ0v) is 14.2. The van der Waals surface area contributed by atoms with E-state index in [1.165, 1.54) is 13.0 Å². The number of hydrogen-bond donors (Lipinski definition) is 0. The Hall–Kier alpha value is -3.45. The van der Waals surface area contributed by atoms with Crippen LogP contribution in [0, 0.1) is 16.0 Å². The molecule has 1 rings (SSSR count). The number of allylic oxidation sites excluding steroid dienone is 2. The molecule has 0 heterocycles. The van der Waals surface area contributed by atoms with Crippen molar-refractivity contribution in [3.8, 4) is 0 Å². The molecule has 0 saturated heterocycles. The quantitative estimate of drug-likeness (QED) is 0.0949. The molecule has 0 aliphatic rings. The van der Waals surface area contributed by atoms with Crippen molar-refractivity contribution >= 4 is 23.2 Å². The summed E-state index contributed by atoms with van der Waals surface area (Å²) in [5, 5.41) is 11.1. The number of benzene rings is 1. The molecule has 2 atom stereocenters. The first-order chi connectivity index (χ1) is 12.3. The van der Waals surface area contributed by atoms with E-state index in [9.17, 15) is 24.5 Å².